The molecule has 34 heavy (non-hydrogen) atoms. The number of nitrogens with one attached hydrogen (secondary N) is 1. The Labute approximate surface area is 199 Å². The molecule has 0 bridgehead atoms. The summed E-state index contributed by atoms with van der Waals surface area (Å²) in [7, 11) is -3.62. The zero-order chi connectivity index (χ0) is 24.3. The Balaban J connectivity index is 1.60. The summed E-state index contributed by atoms with van der Waals surface area (Å²) >= 11 is 0. The number of fused-ring (bicyclic) bond motifs is 1. The average molecular weight is 484 g/mol. The van der Waals surface area contributed by atoms with Gasteiger partial charge in [-0.15, -0.1) is 0 Å². The molecule has 9 heteroatoms. The highest BCUT2D eigenvalue weighted by atomic mass is 32.2. The maximum atomic E-state index is 13.1. The second-order valence-electron chi connectivity index (χ2n) is 8.54. The summed E-state index contributed by atoms with van der Waals surface area (Å²) in [5, 5.41) is 3.37. The van der Waals surface area contributed by atoms with Crippen LogP contribution in [0, 0.1) is 5.92 Å². The van der Waals surface area contributed by atoms with E-state index in [4.69, 9.17) is 4.74 Å². The van der Waals surface area contributed by atoms with E-state index in [0.29, 0.717) is 48.0 Å². The number of carbonyl (C=O) groups excluding carboxylic acids is 1. The van der Waals surface area contributed by atoms with Gasteiger partial charge in [0.2, 0.25) is 15.9 Å². The van der Waals surface area contributed by atoms with E-state index in [1.807, 2.05) is 13.0 Å². The SMILES string of the molecule is CCOc1ccccc1NC(=O)Cn1c(=O)ccc2cc(S(=O)(=O)N3CCC(C)CC3)ccc21. The Bertz CT molecular complexity index is 1360. The number of benzene rings is 2. The number of pyridine rings is 1. The molecule has 1 aliphatic rings. The lowest BCUT2D eigenvalue weighted by Crippen LogP contribution is -2.37. The van der Waals surface area contributed by atoms with Crippen LogP contribution in [-0.2, 0) is 21.4 Å². The van der Waals surface area contributed by atoms with Crippen molar-refractivity contribution in [3.63, 3.8) is 0 Å². The molecule has 2 aromatic carbocycles. The number of amides is 1. The lowest BCUT2D eigenvalue weighted by atomic mass is 10.0. The summed E-state index contributed by atoms with van der Waals surface area (Å²) in [5.41, 5.74) is 0.667. The van der Waals surface area contributed by atoms with E-state index >= 15 is 0 Å². The monoisotopic (exact) mass is 483 g/mol. The Hall–Kier alpha value is -3.17. The van der Waals surface area contributed by atoms with Gasteiger partial charge in [-0.05, 0) is 67.5 Å². The van der Waals surface area contributed by atoms with Gasteiger partial charge >= 0.3 is 0 Å². The number of rotatable bonds is 7. The molecular formula is C25H29N3O5S. The number of para-hydroxylation sites is 2. The maximum Gasteiger partial charge on any atom is 0.251 e. The van der Waals surface area contributed by atoms with Gasteiger partial charge in [0.25, 0.3) is 5.56 Å². The highest BCUT2D eigenvalue weighted by molar-refractivity contribution is 7.89. The first-order valence-corrected chi connectivity index (χ1v) is 12.9. The van der Waals surface area contributed by atoms with Crippen LogP contribution in [0.5, 0.6) is 5.75 Å². The minimum atomic E-state index is -3.62. The summed E-state index contributed by atoms with van der Waals surface area (Å²) in [6, 6.07) is 14.7. The van der Waals surface area contributed by atoms with Gasteiger partial charge in [-0.3, -0.25) is 14.2 Å². The van der Waals surface area contributed by atoms with Gasteiger partial charge in [-0.1, -0.05) is 19.1 Å². The lowest BCUT2D eigenvalue weighted by Gasteiger charge is -2.29. The summed E-state index contributed by atoms with van der Waals surface area (Å²) in [6.45, 7) is 5.23. The lowest BCUT2D eigenvalue weighted by molar-refractivity contribution is -0.116. The van der Waals surface area contributed by atoms with Crippen molar-refractivity contribution in [2.24, 2.45) is 5.92 Å². The van der Waals surface area contributed by atoms with Crippen molar-refractivity contribution >= 4 is 32.5 Å². The standard InChI is InChI=1S/C25H29N3O5S/c1-3-33-23-7-5-4-6-21(23)26-24(29)17-28-22-10-9-20(16-19(22)8-11-25(28)30)34(31,32)27-14-12-18(2)13-15-27/h4-11,16,18H,3,12-15,17H2,1-2H3,(H,26,29). The van der Waals surface area contributed by atoms with Crippen molar-refractivity contribution in [3.8, 4) is 5.75 Å². The molecular weight excluding hydrogens is 454 g/mol. The molecule has 3 aromatic rings. The first kappa shape index (κ1) is 24.0. The largest absolute Gasteiger partial charge is 0.492 e. The molecule has 1 fully saturated rings. The van der Waals surface area contributed by atoms with Crippen LogP contribution in [0.2, 0.25) is 0 Å². The zero-order valence-electron chi connectivity index (χ0n) is 19.4. The molecule has 8 nitrogen and oxygen atoms in total. The van der Waals surface area contributed by atoms with Gasteiger partial charge in [0, 0.05) is 19.2 Å². The Kier molecular flexibility index (Phi) is 7.04. The molecule has 0 unspecified atom stereocenters. The van der Waals surface area contributed by atoms with Crippen molar-refractivity contribution in [2.45, 2.75) is 38.1 Å². The number of hydrogen-bond donors (Lipinski definition) is 1. The zero-order valence-corrected chi connectivity index (χ0v) is 20.2. The van der Waals surface area contributed by atoms with E-state index in [1.54, 1.807) is 36.4 Å². The van der Waals surface area contributed by atoms with E-state index in [2.05, 4.69) is 12.2 Å². The summed E-state index contributed by atoms with van der Waals surface area (Å²) in [6.07, 6.45) is 1.68. The highest BCUT2D eigenvalue weighted by Crippen LogP contribution is 2.26. The van der Waals surface area contributed by atoms with Crippen molar-refractivity contribution in [1.29, 1.82) is 0 Å². The van der Waals surface area contributed by atoms with Gasteiger partial charge in [-0.2, -0.15) is 4.31 Å². The average Bonchev–Trinajstić information content (AvgIpc) is 2.82. The van der Waals surface area contributed by atoms with Gasteiger partial charge in [0.15, 0.2) is 0 Å². The molecule has 0 saturated carbocycles. The number of ether oxygens (including phenoxy) is 1. The van der Waals surface area contributed by atoms with E-state index in [-0.39, 0.29) is 22.9 Å². The molecule has 1 saturated heterocycles. The molecule has 0 spiro atoms. The van der Waals surface area contributed by atoms with Crippen molar-refractivity contribution in [1.82, 2.24) is 8.87 Å². The van der Waals surface area contributed by atoms with Crippen LogP contribution in [-0.4, -0.2) is 42.9 Å². The fraction of sp³-hybridized carbons (Fsp3) is 0.360. The number of sulfonamides is 1. The van der Waals surface area contributed by atoms with Crippen LogP contribution in [0.4, 0.5) is 5.69 Å². The minimum absolute atomic E-state index is 0.190. The molecule has 0 aliphatic carbocycles. The third kappa shape index (κ3) is 5.00. The predicted molar refractivity (Wildman–Crippen MR) is 132 cm³/mol. The first-order chi connectivity index (χ1) is 16.3. The van der Waals surface area contributed by atoms with Gasteiger partial charge in [0.05, 0.1) is 22.7 Å². The highest BCUT2D eigenvalue weighted by Gasteiger charge is 2.28. The molecule has 2 heterocycles. The molecule has 0 radical (unpaired) electrons. The summed E-state index contributed by atoms with van der Waals surface area (Å²) in [5.74, 6) is 0.676. The Morgan fingerprint density at radius 2 is 1.82 bits per heavy atom. The topological polar surface area (TPSA) is 97.7 Å². The minimum Gasteiger partial charge on any atom is -0.492 e. The molecule has 180 valence electrons. The Morgan fingerprint density at radius 3 is 2.56 bits per heavy atom. The van der Waals surface area contributed by atoms with Crippen LogP contribution in [0.3, 0.4) is 0 Å². The van der Waals surface area contributed by atoms with Crippen LogP contribution < -0.4 is 15.6 Å². The maximum absolute atomic E-state index is 13.1. The number of piperidine rings is 1. The van der Waals surface area contributed by atoms with Crippen molar-refractivity contribution in [2.75, 3.05) is 25.0 Å². The van der Waals surface area contributed by atoms with Gasteiger partial charge in [-0.25, -0.2) is 8.42 Å². The van der Waals surface area contributed by atoms with Gasteiger partial charge < -0.3 is 10.1 Å². The van der Waals surface area contributed by atoms with E-state index in [1.165, 1.54) is 21.0 Å². The van der Waals surface area contributed by atoms with Crippen LogP contribution in [0.15, 0.2) is 64.3 Å². The fourth-order valence-corrected chi connectivity index (χ4v) is 5.67. The molecule has 0 atom stereocenters. The van der Waals surface area contributed by atoms with Crippen LogP contribution >= 0.6 is 0 Å². The van der Waals surface area contributed by atoms with E-state index in [9.17, 15) is 18.0 Å². The van der Waals surface area contributed by atoms with Crippen LogP contribution in [0.1, 0.15) is 26.7 Å². The van der Waals surface area contributed by atoms with Crippen LogP contribution in [0.25, 0.3) is 10.9 Å². The number of hydrogen-bond acceptors (Lipinski definition) is 5. The molecule has 4 rings (SSSR count). The van der Waals surface area contributed by atoms with E-state index in [0.717, 1.165) is 12.8 Å². The predicted octanol–water partition coefficient (Wildman–Crippen LogP) is 3.46. The third-order valence-electron chi connectivity index (χ3n) is 6.10. The molecule has 1 amide bonds. The van der Waals surface area contributed by atoms with Gasteiger partial charge in [0.1, 0.15) is 12.3 Å². The third-order valence-corrected chi connectivity index (χ3v) is 8.00. The second-order valence-corrected chi connectivity index (χ2v) is 10.5. The fourth-order valence-electron chi connectivity index (χ4n) is 4.16. The molecule has 1 aliphatic heterocycles. The first-order valence-electron chi connectivity index (χ1n) is 11.4. The molecule has 1 N–H and O–H groups in total. The summed E-state index contributed by atoms with van der Waals surface area (Å²) in [4.78, 5) is 25.5. The Morgan fingerprint density at radius 1 is 1.09 bits per heavy atom. The quantitative estimate of drug-likeness (QED) is 0.555. The normalized spacial score (nSPS) is 15.4. The van der Waals surface area contributed by atoms with E-state index < -0.39 is 10.0 Å². The smallest absolute Gasteiger partial charge is 0.251 e. The number of anilines is 1. The molecule has 1 aromatic heterocycles. The number of aromatic nitrogens is 1. The second kappa shape index (κ2) is 9.99. The number of carbonyl (C=O) groups is 1. The van der Waals surface area contributed by atoms with Crippen molar-refractivity contribution < 1.29 is 17.9 Å². The number of nitrogens with zero attached hydrogens (tertiary/aromatic N) is 2. The van der Waals surface area contributed by atoms with Crippen molar-refractivity contribution in [3.05, 3.63) is 65.0 Å². The summed E-state index contributed by atoms with van der Waals surface area (Å²) < 4.78 is 34.7.